The number of amides is 2. The van der Waals surface area contributed by atoms with Gasteiger partial charge in [-0.1, -0.05) is 11.3 Å². The van der Waals surface area contributed by atoms with Gasteiger partial charge in [0.15, 0.2) is 5.13 Å². The first-order valence-corrected chi connectivity index (χ1v) is 8.87. The van der Waals surface area contributed by atoms with Crippen LogP contribution in [0.4, 0.5) is 5.13 Å². The van der Waals surface area contributed by atoms with Gasteiger partial charge in [0.05, 0.1) is 35.9 Å². The van der Waals surface area contributed by atoms with E-state index in [0.29, 0.717) is 18.3 Å². The molecule has 2 atom stereocenters. The molecule has 1 aliphatic heterocycles. The molecule has 1 saturated heterocycles. The molecule has 0 unspecified atom stereocenters. The Labute approximate surface area is 149 Å². The molecule has 8 heteroatoms. The van der Waals surface area contributed by atoms with Gasteiger partial charge in [-0.2, -0.15) is 0 Å². The number of rotatable bonds is 6. The fourth-order valence-electron chi connectivity index (χ4n) is 2.96. The van der Waals surface area contributed by atoms with E-state index in [2.05, 4.69) is 10.3 Å². The van der Waals surface area contributed by atoms with Crippen LogP contribution in [0.5, 0.6) is 5.75 Å². The van der Waals surface area contributed by atoms with E-state index >= 15 is 0 Å². The zero-order valence-corrected chi connectivity index (χ0v) is 15.3. The molecule has 0 spiro atoms. The molecule has 0 bridgehead atoms. The largest absolute Gasteiger partial charge is 0.497 e. The van der Waals surface area contributed by atoms with E-state index in [-0.39, 0.29) is 30.2 Å². The summed E-state index contributed by atoms with van der Waals surface area (Å²) in [5, 5.41) is 3.37. The molecule has 25 heavy (non-hydrogen) atoms. The quantitative estimate of drug-likeness (QED) is 0.850. The van der Waals surface area contributed by atoms with Crippen LogP contribution in [0.25, 0.3) is 10.2 Å². The predicted octanol–water partition coefficient (Wildman–Crippen LogP) is 2.13. The zero-order chi connectivity index (χ0) is 18.0. The number of benzene rings is 1. The monoisotopic (exact) mass is 363 g/mol. The molecule has 2 heterocycles. The van der Waals surface area contributed by atoms with Gasteiger partial charge >= 0.3 is 0 Å². The molecule has 1 fully saturated rings. The van der Waals surface area contributed by atoms with Crippen LogP contribution in [0, 0.1) is 5.92 Å². The van der Waals surface area contributed by atoms with Crippen LogP contribution in [0.1, 0.15) is 13.3 Å². The number of likely N-dealkylation sites (tertiary alicyclic amines) is 1. The van der Waals surface area contributed by atoms with E-state index in [9.17, 15) is 9.59 Å². The summed E-state index contributed by atoms with van der Waals surface area (Å²) in [5.74, 6) is 0.191. The van der Waals surface area contributed by atoms with Gasteiger partial charge in [-0.15, -0.1) is 0 Å². The van der Waals surface area contributed by atoms with E-state index in [1.165, 1.54) is 11.3 Å². The van der Waals surface area contributed by atoms with Crippen molar-refractivity contribution in [2.75, 3.05) is 32.7 Å². The standard InChI is InChI=1S/C17H21N3O4S/c1-10(9-23-2)20-8-11(6-15(20)21)16(22)19-17-18-13-5-4-12(24-3)7-14(13)25-17/h4-5,7,10-11H,6,8-9H2,1-3H3,(H,18,19,22)/t10-,11-/m1/s1. The van der Waals surface area contributed by atoms with E-state index < -0.39 is 0 Å². The maximum atomic E-state index is 12.5. The van der Waals surface area contributed by atoms with Gasteiger partial charge in [0.1, 0.15) is 5.75 Å². The number of nitrogens with one attached hydrogen (secondary N) is 1. The molecule has 1 N–H and O–H groups in total. The third-order valence-corrected chi connectivity index (χ3v) is 5.23. The lowest BCUT2D eigenvalue weighted by molar-refractivity contribution is -0.130. The number of fused-ring (bicyclic) bond motifs is 1. The van der Waals surface area contributed by atoms with Crippen molar-refractivity contribution in [1.82, 2.24) is 9.88 Å². The second-order valence-electron chi connectivity index (χ2n) is 6.09. The van der Waals surface area contributed by atoms with E-state index in [1.807, 2.05) is 25.1 Å². The second kappa shape index (κ2) is 7.37. The summed E-state index contributed by atoms with van der Waals surface area (Å²) in [7, 11) is 3.21. The summed E-state index contributed by atoms with van der Waals surface area (Å²) in [4.78, 5) is 30.8. The van der Waals surface area contributed by atoms with Crippen LogP contribution in [0.3, 0.4) is 0 Å². The summed E-state index contributed by atoms with van der Waals surface area (Å²) in [5.41, 5.74) is 0.805. The number of hydrogen-bond donors (Lipinski definition) is 1. The number of aromatic nitrogens is 1. The third-order valence-electron chi connectivity index (χ3n) is 4.29. The van der Waals surface area contributed by atoms with E-state index in [1.54, 1.807) is 19.1 Å². The molecule has 2 aromatic rings. The molecule has 1 aromatic heterocycles. The van der Waals surface area contributed by atoms with Crippen molar-refractivity contribution in [1.29, 1.82) is 0 Å². The number of ether oxygens (including phenoxy) is 2. The first-order chi connectivity index (χ1) is 12.0. The smallest absolute Gasteiger partial charge is 0.231 e. The minimum atomic E-state index is -0.367. The molecular weight excluding hydrogens is 342 g/mol. The Balaban J connectivity index is 1.67. The third kappa shape index (κ3) is 3.74. The molecule has 0 radical (unpaired) electrons. The average Bonchev–Trinajstić information content (AvgIpc) is 3.17. The highest BCUT2D eigenvalue weighted by Gasteiger charge is 2.36. The Morgan fingerprint density at radius 2 is 2.28 bits per heavy atom. The zero-order valence-electron chi connectivity index (χ0n) is 14.4. The molecule has 1 aliphatic rings. The number of thiazole rings is 1. The van der Waals surface area contributed by atoms with E-state index in [0.717, 1.165) is 16.0 Å². The van der Waals surface area contributed by atoms with Crippen LogP contribution >= 0.6 is 11.3 Å². The van der Waals surface area contributed by atoms with Crippen LogP contribution in [0.2, 0.25) is 0 Å². The number of hydrogen-bond acceptors (Lipinski definition) is 6. The van der Waals surface area contributed by atoms with Crippen molar-refractivity contribution in [3.63, 3.8) is 0 Å². The number of anilines is 1. The van der Waals surface area contributed by atoms with Crippen molar-refractivity contribution in [3.8, 4) is 5.75 Å². The summed E-state index contributed by atoms with van der Waals surface area (Å²) in [6.45, 7) is 2.79. The normalized spacial score (nSPS) is 18.6. The van der Waals surface area contributed by atoms with Crippen LogP contribution < -0.4 is 10.1 Å². The fraction of sp³-hybridized carbons (Fsp3) is 0.471. The molecule has 0 aliphatic carbocycles. The maximum absolute atomic E-state index is 12.5. The molecule has 2 amide bonds. The SMILES string of the molecule is COC[C@@H](C)N1C[C@H](C(=O)Nc2nc3ccc(OC)cc3s2)CC1=O. The van der Waals surface area contributed by atoms with Gasteiger partial charge in [0.25, 0.3) is 0 Å². The van der Waals surface area contributed by atoms with Crippen molar-refractivity contribution in [3.05, 3.63) is 18.2 Å². The number of carbonyl (C=O) groups excluding carboxylic acids is 2. The molecular formula is C17H21N3O4S. The number of nitrogens with zero attached hydrogens (tertiary/aromatic N) is 2. The highest BCUT2D eigenvalue weighted by molar-refractivity contribution is 7.22. The summed E-state index contributed by atoms with van der Waals surface area (Å²) in [6.07, 6.45) is 0.221. The van der Waals surface area contributed by atoms with Crippen LogP contribution in [-0.2, 0) is 14.3 Å². The van der Waals surface area contributed by atoms with Crippen molar-refractivity contribution >= 4 is 38.5 Å². The van der Waals surface area contributed by atoms with Gasteiger partial charge in [0, 0.05) is 20.1 Å². The molecule has 134 valence electrons. The van der Waals surface area contributed by atoms with Gasteiger partial charge < -0.3 is 19.7 Å². The van der Waals surface area contributed by atoms with Gasteiger partial charge in [-0.05, 0) is 25.1 Å². The maximum Gasteiger partial charge on any atom is 0.231 e. The molecule has 1 aromatic carbocycles. The second-order valence-corrected chi connectivity index (χ2v) is 7.12. The van der Waals surface area contributed by atoms with Crippen LogP contribution in [-0.4, -0.2) is 55.1 Å². The molecule has 7 nitrogen and oxygen atoms in total. The van der Waals surface area contributed by atoms with Gasteiger partial charge in [0.2, 0.25) is 11.8 Å². The van der Waals surface area contributed by atoms with Crippen LogP contribution in [0.15, 0.2) is 18.2 Å². The van der Waals surface area contributed by atoms with Gasteiger partial charge in [-0.25, -0.2) is 4.98 Å². The number of carbonyl (C=O) groups is 2. The minimum Gasteiger partial charge on any atom is -0.497 e. The topological polar surface area (TPSA) is 80.8 Å². The Kier molecular flexibility index (Phi) is 5.19. The summed E-state index contributed by atoms with van der Waals surface area (Å²) >= 11 is 1.39. The Hall–Kier alpha value is -2.19. The minimum absolute atomic E-state index is 0.0151. The number of methoxy groups -OCH3 is 2. The molecule has 0 saturated carbocycles. The fourth-order valence-corrected chi connectivity index (χ4v) is 3.85. The summed E-state index contributed by atoms with van der Waals surface area (Å²) in [6, 6.07) is 5.53. The first-order valence-electron chi connectivity index (χ1n) is 8.05. The lowest BCUT2D eigenvalue weighted by Gasteiger charge is -2.23. The lowest BCUT2D eigenvalue weighted by atomic mass is 10.1. The first kappa shape index (κ1) is 17.6. The molecule has 3 rings (SSSR count). The predicted molar refractivity (Wildman–Crippen MR) is 96.0 cm³/mol. The highest BCUT2D eigenvalue weighted by Crippen LogP contribution is 2.30. The summed E-state index contributed by atoms with van der Waals surface area (Å²) < 4.78 is 11.2. The van der Waals surface area contributed by atoms with Gasteiger partial charge in [-0.3, -0.25) is 9.59 Å². The lowest BCUT2D eigenvalue weighted by Crippen LogP contribution is -2.38. The highest BCUT2D eigenvalue weighted by atomic mass is 32.1. The Morgan fingerprint density at radius 1 is 1.48 bits per heavy atom. The van der Waals surface area contributed by atoms with E-state index in [4.69, 9.17) is 9.47 Å². The van der Waals surface area contributed by atoms with Crippen molar-refractivity contribution in [2.24, 2.45) is 5.92 Å². The Morgan fingerprint density at radius 3 is 3.00 bits per heavy atom. The average molecular weight is 363 g/mol. The van der Waals surface area contributed by atoms with Crippen molar-refractivity contribution in [2.45, 2.75) is 19.4 Å². The van der Waals surface area contributed by atoms with Crippen molar-refractivity contribution < 1.29 is 19.1 Å². The Bertz CT molecular complexity index is 791.